The van der Waals surface area contributed by atoms with Crippen LogP contribution in [0.3, 0.4) is 0 Å². The van der Waals surface area contributed by atoms with Gasteiger partial charge in [0.2, 0.25) is 0 Å². The van der Waals surface area contributed by atoms with E-state index in [4.69, 9.17) is 28.9 Å². The predicted octanol–water partition coefficient (Wildman–Crippen LogP) is 4.00. The van der Waals surface area contributed by atoms with E-state index in [0.717, 1.165) is 28.3 Å². The van der Waals surface area contributed by atoms with Crippen LogP contribution >= 0.6 is 23.8 Å². The molecule has 1 atom stereocenters. The molecular formula is C17H16ClN3S. The van der Waals surface area contributed by atoms with E-state index in [-0.39, 0.29) is 6.04 Å². The third-order valence-corrected chi connectivity index (χ3v) is 4.34. The van der Waals surface area contributed by atoms with Gasteiger partial charge in [0.25, 0.3) is 0 Å². The quantitative estimate of drug-likeness (QED) is 0.844. The van der Waals surface area contributed by atoms with Crippen LogP contribution in [0.4, 0.5) is 0 Å². The number of nitrogens with one attached hydrogen (secondary N) is 1. The summed E-state index contributed by atoms with van der Waals surface area (Å²) in [6, 6.07) is 18.1. The highest BCUT2D eigenvalue weighted by Crippen LogP contribution is 2.33. The minimum absolute atomic E-state index is 0.0902. The normalized spacial score (nSPS) is 17.3. The Morgan fingerprint density at radius 3 is 2.50 bits per heavy atom. The van der Waals surface area contributed by atoms with Gasteiger partial charge in [-0.15, -0.1) is 0 Å². The van der Waals surface area contributed by atoms with Crippen LogP contribution < -0.4 is 5.32 Å². The van der Waals surface area contributed by atoms with Crippen LogP contribution in [0.25, 0.3) is 0 Å². The van der Waals surface area contributed by atoms with Crippen molar-refractivity contribution in [3.8, 4) is 0 Å². The summed E-state index contributed by atoms with van der Waals surface area (Å²) in [6.45, 7) is 0. The lowest BCUT2D eigenvalue weighted by atomic mass is 9.99. The number of benzene rings is 2. The summed E-state index contributed by atoms with van der Waals surface area (Å²) in [5.41, 5.74) is 3.32. The fourth-order valence-corrected chi connectivity index (χ4v) is 2.86. The molecule has 0 bridgehead atoms. The molecule has 112 valence electrons. The van der Waals surface area contributed by atoms with Gasteiger partial charge in [-0.1, -0.05) is 54.1 Å². The maximum Gasteiger partial charge on any atom is 0.189 e. The van der Waals surface area contributed by atoms with Gasteiger partial charge in [-0.3, -0.25) is 0 Å². The van der Waals surface area contributed by atoms with Gasteiger partial charge >= 0.3 is 0 Å². The molecule has 0 amide bonds. The van der Waals surface area contributed by atoms with E-state index in [0.29, 0.717) is 5.11 Å². The molecule has 3 rings (SSSR count). The standard InChI is InChI=1S/C17H16ClN3S/c1-19-17(22)21-16(13-7-9-14(18)10-8-13)11-15(20-21)12-5-3-2-4-6-12/h2-10,16H,11H2,1H3,(H,19,22). The highest BCUT2D eigenvalue weighted by Gasteiger charge is 2.30. The molecule has 1 heterocycles. The maximum absolute atomic E-state index is 5.99. The fraction of sp³-hybridized carbons (Fsp3) is 0.176. The zero-order valence-corrected chi connectivity index (χ0v) is 13.7. The van der Waals surface area contributed by atoms with Crippen molar-refractivity contribution in [2.24, 2.45) is 5.10 Å². The lowest BCUT2D eigenvalue weighted by molar-refractivity contribution is 0.367. The number of hydrazone groups is 1. The van der Waals surface area contributed by atoms with Gasteiger partial charge in [0, 0.05) is 18.5 Å². The molecule has 0 fully saturated rings. The van der Waals surface area contributed by atoms with Gasteiger partial charge in [-0.05, 0) is 35.5 Å². The number of thiocarbonyl (C=S) groups is 1. The molecule has 1 unspecified atom stereocenters. The highest BCUT2D eigenvalue weighted by molar-refractivity contribution is 7.80. The monoisotopic (exact) mass is 329 g/mol. The highest BCUT2D eigenvalue weighted by atomic mass is 35.5. The summed E-state index contributed by atoms with van der Waals surface area (Å²) in [6.07, 6.45) is 0.813. The molecular weight excluding hydrogens is 314 g/mol. The summed E-state index contributed by atoms with van der Waals surface area (Å²) in [5, 5.41) is 11.0. The third kappa shape index (κ3) is 2.98. The Morgan fingerprint density at radius 1 is 1.18 bits per heavy atom. The predicted molar refractivity (Wildman–Crippen MR) is 95.3 cm³/mol. The second kappa shape index (κ2) is 6.46. The van der Waals surface area contributed by atoms with E-state index in [9.17, 15) is 0 Å². The molecule has 0 spiro atoms. The maximum atomic E-state index is 5.99. The van der Waals surface area contributed by atoms with Crippen LogP contribution in [0, 0.1) is 0 Å². The van der Waals surface area contributed by atoms with Crippen molar-refractivity contribution in [1.29, 1.82) is 0 Å². The number of halogens is 1. The Balaban J connectivity index is 1.94. The number of rotatable bonds is 2. The summed E-state index contributed by atoms with van der Waals surface area (Å²) < 4.78 is 0. The molecule has 0 aliphatic carbocycles. The van der Waals surface area contributed by atoms with Gasteiger partial charge in [-0.2, -0.15) is 5.10 Å². The summed E-state index contributed by atoms with van der Waals surface area (Å²) in [5.74, 6) is 0. The van der Waals surface area contributed by atoms with Crippen molar-refractivity contribution in [2.45, 2.75) is 12.5 Å². The van der Waals surface area contributed by atoms with Crippen LogP contribution in [-0.4, -0.2) is 22.9 Å². The smallest absolute Gasteiger partial charge is 0.189 e. The zero-order valence-electron chi connectivity index (χ0n) is 12.2. The van der Waals surface area contributed by atoms with Crippen molar-refractivity contribution in [2.75, 3.05) is 7.05 Å². The first-order valence-electron chi connectivity index (χ1n) is 7.08. The van der Waals surface area contributed by atoms with Crippen molar-refractivity contribution in [3.05, 3.63) is 70.7 Å². The second-order valence-corrected chi connectivity index (χ2v) is 5.91. The first kappa shape index (κ1) is 15.0. The average molecular weight is 330 g/mol. The van der Waals surface area contributed by atoms with Crippen LogP contribution in [-0.2, 0) is 0 Å². The van der Waals surface area contributed by atoms with Crippen LogP contribution in [0.15, 0.2) is 59.7 Å². The molecule has 22 heavy (non-hydrogen) atoms. The van der Waals surface area contributed by atoms with E-state index < -0.39 is 0 Å². The molecule has 5 heteroatoms. The lowest BCUT2D eigenvalue weighted by Crippen LogP contribution is -2.34. The Morgan fingerprint density at radius 2 is 1.86 bits per heavy atom. The van der Waals surface area contributed by atoms with Gasteiger partial charge in [0.1, 0.15) is 0 Å². The largest absolute Gasteiger partial charge is 0.364 e. The van der Waals surface area contributed by atoms with E-state index in [1.54, 1.807) is 0 Å². The van der Waals surface area contributed by atoms with Gasteiger partial charge < -0.3 is 5.32 Å². The Bertz CT molecular complexity index is 698. The first-order valence-corrected chi connectivity index (χ1v) is 7.87. The SMILES string of the molecule is CNC(=S)N1N=C(c2ccccc2)CC1c1ccc(Cl)cc1. The molecule has 1 aliphatic heterocycles. The Hall–Kier alpha value is -1.91. The van der Waals surface area contributed by atoms with E-state index in [2.05, 4.69) is 17.4 Å². The summed E-state index contributed by atoms with van der Waals surface area (Å²) in [7, 11) is 1.82. The lowest BCUT2D eigenvalue weighted by Gasteiger charge is -2.23. The van der Waals surface area contributed by atoms with Crippen molar-refractivity contribution in [1.82, 2.24) is 10.3 Å². The molecule has 2 aromatic carbocycles. The minimum atomic E-state index is 0.0902. The van der Waals surface area contributed by atoms with E-state index in [1.165, 1.54) is 0 Å². The Kier molecular flexibility index (Phi) is 4.41. The van der Waals surface area contributed by atoms with Crippen molar-refractivity contribution < 1.29 is 0 Å². The van der Waals surface area contributed by atoms with E-state index >= 15 is 0 Å². The Labute approximate surface area is 140 Å². The molecule has 1 N–H and O–H groups in total. The average Bonchev–Trinajstić information content (AvgIpc) is 3.01. The minimum Gasteiger partial charge on any atom is -0.364 e. The molecule has 3 nitrogen and oxygen atoms in total. The molecule has 2 aromatic rings. The van der Waals surface area contributed by atoms with Crippen LogP contribution in [0.5, 0.6) is 0 Å². The second-order valence-electron chi connectivity index (χ2n) is 5.08. The first-order chi connectivity index (χ1) is 10.7. The molecule has 0 saturated carbocycles. The van der Waals surface area contributed by atoms with Crippen molar-refractivity contribution in [3.63, 3.8) is 0 Å². The topological polar surface area (TPSA) is 27.6 Å². The summed E-state index contributed by atoms with van der Waals surface area (Å²) in [4.78, 5) is 0. The van der Waals surface area contributed by atoms with Gasteiger partial charge in [0.15, 0.2) is 5.11 Å². The van der Waals surface area contributed by atoms with Crippen LogP contribution in [0.2, 0.25) is 5.02 Å². The molecule has 1 aliphatic rings. The summed E-state index contributed by atoms with van der Waals surface area (Å²) >= 11 is 11.4. The van der Waals surface area contributed by atoms with Gasteiger partial charge in [0.05, 0.1) is 11.8 Å². The van der Waals surface area contributed by atoms with Crippen molar-refractivity contribution >= 4 is 34.6 Å². The van der Waals surface area contributed by atoms with Gasteiger partial charge in [-0.25, -0.2) is 5.01 Å². The van der Waals surface area contributed by atoms with Crippen LogP contribution in [0.1, 0.15) is 23.6 Å². The molecule has 0 aromatic heterocycles. The third-order valence-electron chi connectivity index (χ3n) is 3.69. The fourth-order valence-electron chi connectivity index (χ4n) is 2.56. The molecule has 0 radical (unpaired) electrons. The van der Waals surface area contributed by atoms with E-state index in [1.807, 2.05) is 54.5 Å². The zero-order chi connectivity index (χ0) is 15.5. The number of hydrogen-bond acceptors (Lipinski definition) is 2. The molecule has 0 saturated heterocycles. The number of nitrogens with zero attached hydrogens (tertiary/aromatic N) is 2. The number of hydrogen-bond donors (Lipinski definition) is 1.